The van der Waals surface area contributed by atoms with Crippen LogP contribution in [0.1, 0.15) is 49.7 Å². The molecule has 32 heavy (non-hydrogen) atoms. The van der Waals surface area contributed by atoms with E-state index in [1.807, 2.05) is 24.3 Å². The zero-order valence-corrected chi connectivity index (χ0v) is 18.4. The van der Waals surface area contributed by atoms with Crippen molar-refractivity contribution in [1.82, 2.24) is 14.8 Å². The summed E-state index contributed by atoms with van der Waals surface area (Å²) in [6.45, 7) is 5.22. The first-order chi connectivity index (χ1) is 15.2. The van der Waals surface area contributed by atoms with E-state index in [0.717, 1.165) is 12.8 Å². The molecule has 0 unspecified atom stereocenters. The maximum Gasteiger partial charge on any atom is 0.321 e. The summed E-state index contributed by atoms with van der Waals surface area (Å²) in [5.41, 5.74) is 1.10. The number of halogens is 1. The molecule has 170 valence electrons. The number of nitrogens with zero attached hydrogens (tertiary/aromatic N) is 3. The molecule has 0 aliphatic carbocycles. The Morgan fingerprint density at radius 2 is 1.72 bits per heavy atom. The second-order valence-electron chi connectivity index (χ2n) is 9.16. The lowest BCUT2D eigenvalue weighted by atomic mass is 9.88. The van der Waals surface area contributed by atoms with Gasteiger partial charge >= 0.3 is 6.03 Å². The molecule has 3 amide bonds. The Hall–Kier alpha value is -3.00. The minimum absolute atomic E-state index is 0.0222. The van der Waals surface area contributed by atoms with Crippen molar-refractivity contribution in [3.05, 3.63) is 59.7 Å². The van der Waals surface area contributed by atoms with Gasteiger partial charge < -0.3 is 20.2 Å². The van der Waals surface area contributed by atoms with Gasteiger partial charge in [0.05, 0.1) is 0 Å². The predicted octanol–water partition coefficient (Wildman–Crippen LogP) is 3.33. The summed E-state index contributed by atoms with van der Waals surface area (Å²) in [7, 11) is 0. The molecule has 2 N–H and O–H groups in total. The molecule has 2 aliphatic heterocycles. The molecule has 3 heterocycles. The summed E-state index contributed by atoms with van der Waals surface area (Å²) in [5.74, 6) is -0.376. The van der Waals surface area contributed by atoms with Crippen LogP contribution in [0.4, 0.5) is 14.9 Å². The average Bonchev–Trinajstić information content (AvgIpc) is 2.73. The Kier molecular flexibility index (Phi) is 6.15. The van der Waals surface area contributed by atoms with Crippen LogP contribution in [0.25, 0.3) is 0 Å². The fourth-order valence-corrected chi connectivity index (χ4v) is 4.39. The number of pyridine rings is 1. The fraction of sp³-hybridized carbons (Fsp3) is 0.458. The monoisotopic (exact) mass is 440 g/mol. The SMILES string of the molecule is CC(C)(O)C(=O)N1CCC(c2ccc(NC(=O)N3CC(c4cccnc4F)C3)cc2)CC1. The lowest BCUT2D eigenvalue weighted by Gasteiger charge is -2.39. The Morgan fingerprint density at radius 3 is 2.31 bits per heavy atom. The maximum atomic E-state index is 13.8. The molecule has 0 spiro atoms. The van der Waals surface area contributed by atoms with E-state index in [1.165, 1.54) is 25.6 Å². The number of carbonyl (C=O) groups is 2. The molecule has 2 aromatic rings. The van der Waals surface area contributed by atoms with Gasteiger partial charge in [-0.1, -0.05) is 18.2 Å². The molecule has 8 heteroatoms. The molecule has 0 atom stereocenters. The Morgan fingerprint density at radius 1 is 1.06 bits per heavy atom. The molecule has 2 aliphatic rings. The average molecular weight is 441 g/mol. The summed E-state index contributed by atoms with van der Waals surface area (Å²) in [6.07, 6.45) is 3.10. The Balaban J connectivity index is 1.26. The van der Waals surface area contributed by atoms with Crippen molar-refractivity contribution < 1.29 is 19.1 Å². The largest absolute Gasteiger partial charge is 0.381 e. The second-order valence-corrected chi connectivity index (χ2v) is 9.16. The lowest BCUT2D eigenvalue weighted by Crippen LogP contribution is -2.50. The minimum Gasteiger partial charge on any atom is -0.381 e. The van der Waals surface area contributed by atoms with Gasteiger partial charge in [0.2, 0.25) is 5.95 Å². The van der Waals surface area contributed by atoms with Gasteiger partial charge in [0.1, 0.15) is 5.60 Å². The van der Waals surface area contributed by atoms with Crippen LogP contribution in [0.2, 0.25) is 0 Å². The van der Waals surface area contributed by atoms with E-state index in [9.17, 15) is 19.1 Å². The van der Waals surface area contributed by atoms with Crippen LogP contribution >= 0.6 is 0 Å². The van der Waals surface area contributed by atoms with Crippen molar-refractivity contribution >= 4 is 17.6 Å². The zero-order valence-electron chi connectivity index (χ0n) is 18.4. The second kappa shape index (κ2) is 8.86. The van der Waals surface area contributed by atoms with Crippen molar-refractivity contribution in [2.75, 3.05) is 31.5 Å². The predicted molar refractivity (Wildman–Crippen MR) is 119 cm³/mol. The molecular formula is C24H29FN4O3. The van der Waals surface area contributed by atoms with Gasteiger partial charge in [-0.3, -0.25) is 4.79 Å². The molecule has 2 fully saturated rings. The Labute approximate surface area is 187 Å². The quantitative estimate of drug-likeness (QED) is 0.714. The Bertz CT molecular complexity index is 975. The number of urea groups is 1. The first-order valence-corrected chi connectivity index (χ1v) is 11.0. The number of amides is 3. The highest BCUT2D eigenvalue weighted by Crippen LogP contribution is 2.31. The number of rotatable bonds is 4. The number of carbonyl (C=O) groups excluding carboxylic acids is 2. The number of aliphatic hydroxyl groups is 1. The molecule has 7 nitrogen and oxygen atoms in total. The third-order valence-corrected chi connectivity index (χ3v) is 6.34. The first kappa shape index (κ1) is 22.2. The number of nitrogens with one attached hydrogen (secondary N) is 1. The summed E-state index contributed by atoms with van der Waals surface area (Å²) >= 11 is 0. The number of hydrogen-bond donors (Lipinski definition) is 2. The van der Waals surface area contributed by atoms with Gasteiger partial charge in [0.15, 0.2) is 0 Å². The molecular weight excluding hydrogens is 411 g/mol. The van der Waals surface area contributed by atoms with Crippen LogP contribution in [0.3, 0.4) is 0 Å². The van der Waals surface area contributed by atoms with Gasteiger partial charge in [0.25, 0.3) is 5.91 Å². The summed E-state index contributed by atoms with van der Waals surface area (Å²) in [6, 6.07) is 11.0. The van der Waals surface area contributed by atoms with Crippen LogP contribution in [0.5, 0.6) is 0 Å². The summed E-state index contributed by atoms with van der Waals surface area (Å²) in [5, 5.41) is 12.8. The normalized spacial score (nSPS) is 17.8. The van der Waals surface area contributed by atoms with Gasteiger partial charge in [0, 0.05) is 49.5 Å². The molecule has 1 aromatic carbocycles. The summed E-state index contributed by atoms with van der Waals surface area (Å²) in [4.78, 5) is 31.7. The smallest absolute Gasteiger partial charge is 0.321 e. The van der Waals surface area contributed by atoms with Crippen LogP contribution in [-0.2, 0) is 4.79 Å². The molecule has 2 saturated heterocycles. The van der Waals surface area contributed by atoms with Crippen LogP contribution in [-0.4, -0.2) is 63.6 Å². The van der Waals surface area contributed by atoms with Crippen molar-refractivity contribution in [3.8, 4) is 0 Å². The first-order valence-electron chi connectivity index (χ1n) is 11.0. The van der Waals surface area contributed by atoms with Gasteiger partial charge in [-0.2, -0.15) is 4.39 Å². The number of piperidine rings is 1. The molecule has 0 saturated carbocycles. The number of likely N-dealkylation sites (tertiary alicyclic amines) is 2. The van der Waals surface area contributed by atoms with Crippen molar-refractivity contribution in [2.45, 2.75) is 44.1 Å². The van der Waals surface area contributed by atoms with E-state index in [-0.39, 0.29) is 17.9 Å². The number of benzene rings is 1. The van der Waals surface area contributed by atoms with Crippen LogP contribution < -0.4 is 5.32 Å². The number of hydrogen-bond acceptors (Lipinski definition) is 4. The van der Waals surface area contributed by atoms with Crippen LogP contribution in [0.15, 0.2) is 42.6 Å². The minimum atomic E-state index is -1.34. The number of aromatic nitrogens is 1. The van der Waals surface area contributed by atoms with E-state index in [4.69, 9.17) is 0 Å². The van der Waals surface area contributed by atoms with E-state index >= 15 is 0 Å². The third-order valence-electron chi connectivity index (χ3n) is 6.34. The van der Waals surface area contributed by atoms with E-state index in [2.05, 4.69) is 10.3 Å². The standard InChI is InChI=1S/C24H29FN4O3/c1-24(2,32)22(30)28-12-9-17(10-13-28)16-5-7-19(8-6-16)27-23(31)29-14-18(15-29)20-4-3-11-26-21(20)25/h3-8,11,17-18,32H,9-10,12-15H2,1-2H3,(H,27,31). The van der Waals surface area contributed by atoms with Crippen molar-refractivity contribution in [3.63, 3.8) is 0 Å². The van der Waals surface area contributed by atoms with Crippen molar-refractivity contribution in [1.29, 1.82) is 0 Å². The van der Waals surface area contributed by atoms with E-state index in [0.29, 0.717) is 43.3 Å². The highest BCUT2D eigenvalue weighted by atomic mass is 19.1. The zero-order chi connectivity index (χ0) is 22.9. The van der Waals surface area contributed by atoms with E-state index in [1.54, 1.807) is 21.9 Å². The lowest BCUT2D eigenvalue weighted by molar-refractivity contribution is -0.148. The topological polar surface area (TPSA) is 85.8 Å². The van der Waals surface area contributed by atoms with Crippen LogP contribution in [0, 0.1) is 5.95 Å². The molecule has 4 rings (SSSR count). The third kappa shape index (κ3) is 4.75. The van der Waals surface area contributed by atoms with E-state index < -0.39 is 11.5 Å². The molecule has 0 radical (unpaired) electrons. The molecule has 1 aromatic heterocycles. The van der Waals surface area contributed by atoms with Gasteiger partial charge in [-0.15, -0.1) is 0 Å². The van der Waals surface area contributed by atoms with Gasteiger partial charge in [-0.25, -0.2) is 9.78 Å². The highest BCUT2D eigenvalue weighted by molar-refractivity contribution is 5.90. The fourth-order valence-electron chi connectivity index (χ4n) is 4.39. The van der Waals surface area contributed by atoms with Gasteiger partial charge in [-0.05, 0) is 56.4 Å². The summed E-state index contributed by atoms with van der Waals surface area (Å²) < 4.78 is 13.8. The highest BCUT2D eigenvalue weighted by Gasteiger charge is 2.34. The van der Waals surface area contributed by atoms with Crippen molar-refractivity contribution in [2.24, 2.45) is 0 Å². The number of anilines is 1. The molecule has 0 bridgehead atoms. The maximum absolute atomic E-state index is 13.8.